The lowest BCUT2D eigenvalue weighted by atomic mass is 9.67. The highest BCUT2D eigenvalue weighted by Crippen LogP contribution is 2.60. The number of benzene rings is 4. The molecule has 4 heteroatoms. The lowest BCUT2D eigenvalue weighted by Crippen LogP contribution is -2.28. The highest BCUT2D eigenvalue weighted by molar-refractivity contribution is 7.14. The molecule has 0 fully saturated rings. The molecule has 0 radical (unpaired) electrons. The normalized spacial score (nSPS) is 13.3. The molecule has 1 aliphatic carbocycles. The van der Waals surface area contributed by atoms with Gasteiger partial charge in [0.15, 0.2) is 0 Å². The van der Waals surface area contributed by atoms with E-state index in [2.05, 4.69) is 71.4 Å². The van der Waals surface area contributed by atoms with Crippen molar-refractivity contribution in [1.82, 2.24) is 0 Å². The molecule has 0 saturated heterocycles. The molecule has 0 amide bonds. The first-order valence-corrected chi connectivity index (χ1v) is 13.9. The van der Waals surface area contributed by atoms with Crippen LogP contribution in [0.3, 0.4) is 0 Å². The van der Waals surface area contributed by atoms with Gasteiger partial charge < -0.3 is 10.2 Å². The average Bonchev–Trinajstić information content (AvgIpc) is 3.70. The molecule has 178 valence electrons. The van der Waals surface area contributed by atoms with Crippen molar-refractivity contribution in [2.24, 2.45) is 0 Å². The fraction of sp³-hybridized carbons (Fsp3) is 0.0303. The van der Waals surface area contributed by atoms with E-state index in [1.807, 2.05) is 24.3 Å². The smallest absolute Gasteiger partial charge is 0.115 e. The number of hydrogen-bond donors (Lipinski definition) is 2. The van der Waals surface area contributed by atoms with E-state index in [1.54, 1.807) is 46.9 Å². The van der Waals surface area contributed by atoms with Crippen LogP contribution >= 0.6 is 22.7 Å². The summed E-state index contributed by atoms with van der Waals surface area (Å²) in [6.07, 6.45) is 0. The van der Waals surface area contributed by atoms with Crippen molar-refractivity contribution in [2.75, 3.05) is 0 Å². The summed E-state index contributed by atoms with van der Waals surface area (Å²) in [6.45, 7) is 0. The molecular formula is C33H22O2S2. The Bertz CT molecular complexity index is 1580. The van der Waals surface area contributed by atoms with Crippen molar-refractivity contribution in [1.29, 1.82) is 0 Å². The van der Waals surface area contributed by atoms with E-state index in [9.17, 15) is 10.2 Å². The van der Waals surface area contributed by atoms with Crippen LogP contribution in [0.15, 0.2) is 120 Å². The van der Waals surface area contributed by atoms with Crippen molar-refractivity contribution >= 4 is 22.7 Å². The van der Waals surface area contributed by atoms with Gasteiger partial charge in [0.05, 0.1) is 5.41 Å². The molecule has 2 heterocycles. The molecule has 37 heavy (non-hydrogen) atoms. The third-order valence-corrected chi connectivity index (χ3v) is 9.17. The van der Waals surface area contributed by atoms with Gasteiger partial charge in [-0.15, -0.1) is 22.7 Å². The Morgan fingerprint density at radius 1 is 0.459 bits per heavy atom. The zero-order chi connectivity index (χ0) is 25.0. The third kappa shape index (κ3) is 3.23. The van der Waals surface area contributed by atoms with Gasteiger partial charge in [-0.25, -0.2) is 0 Å². The summed E-state index contributed by atoms with van der Waals surface area (Å²) in [6, 6.07) is 37.0. The molecule has 0 atom stereocenters. The average molecular weight is 515 g/mol. The van der Waals surface area contributed by atoms with E-state index in [0.717, 1.165) is 11.1 Å². The quantitative estimate of drug-likeness (QED) is 0.246. The van der Waals surface area contributed by atoms with Gasteiger partial charge in [0.25, 0.3) is 0 Å². The molecule has 4 aromatic carbocycles. The van der Waals surface area contributed by atoms with Crippen LogP contribution in [0, 0.1) is 0 Å². The number of rotatable bonds is 4. The fourth-order valence-corrected chi connectivity index (χ4v) is 7.42. The maximum atomic E-state index is 10.2. The van der Waals surface area contributed by atoms with E-state index < -0.39 is 5.41 Å². The molecule has 1 aliphatic rings. The molecule has 0 saturated carbocycles. The second-order valence-corrected chi connectivity index (χ2v) is 11.2. The molecule has 7 rings (SSSR count). The summed E-state index contributed by atoms with van der Waals surface area (Å²) in [5.74, 6) is 0.477. The Balaban J connectivity index is 1.68. The fourth-order valence-electron chi connectivity index (χ4n) is 5.90. The van der Waals surface area contributed by atoms with Crippen LogP contribution in [-0.4, -0.2) is 10.2 Å². The largest absolute Gasteiger partial charge is 0.508 e. The first-order valence-electron chi connectivity index (χ1n) is 12.1. The number of phenols is 2. The Labute approximate surface area is 223 Å². The minimum atomic E-state index is -0.618. The Morgan fingerprint density at radius 2 is 0.892 bits per heavy atom. The second kappa shape index (κ2) is 8.48. The molecular weight excluding hydrogens is 492 g/mol. The SMILES string of the molecule is Oc1ccc(C2(c3ccc(O)cc3)c3cccc(-c4cccs4)c3-c3c(-c4cccs4)cccc32)cc1. The zero-order valence-electron chi connectivity index (χ0n) is 19.8. The molecule has 2 N–H and O–H groups in total. The van der Waals surface area contributed by atoms with Crippen LogP contribution in [0.25, 0.3) is 32.0 Å². The molecule has 6 aromatic rings. The van der Waals surface area contributed by atoms with Gasteiger partial charge in [0.1, 0.15) is 11.5 Å². The first kappa shape index (κ1) is 22.1. The maximum absolute atomic E-state index is 10.2. The molecule has 0 bridgehead atoms. The predicted octanol–water partition coefficient (Wildman–Crippen LogP) is 8.92. The van der Waals surface area contributed by atoms with Gasteiger partial charge in [-0.3, -0.25) is 0 Å². The van der Waals surface area contributed by atoms with Crippen LogP contribution in [0.5, 0.6) is 11.5 Å². The van der Waals surface area contributed by atoms with Gasteiger partial charge in [-0.2, -0.15) is 0 Å². The minimum absolute atomic E-state index is 0.239. The van der Waals surface area contributed by atoms with Crippen LogP contribution in [-0.2, 0) is 5.41 Å². The molecule has 2 aromatic heterocycles. The Kier molecular flexibility index (Phi) is 5.07. The highest BCUT2D eigenvalue weighted by atomic mass is 32.1. The van der Waals surface area contributed by atoms with Crippen molar-refractivity contribution in [3.63, 3.8) is 0 Å². The van der Waals surface area contributed by atoms with Crippen LogP contribution < -0.4 is 0 Å². The standard InChI is InChI=1S/C33H22O2S2/c34-23-15-11-21(12-16-23)33(22-13-17-24(35)18-14-22)27-7-1-5-25(29-9-3-19-36-29)31(27)32-26(6-2-8-28(32)33)30-10-4-20-37-30/h1-20,34-35H. The number of aromatic hydroxyl groups is 2. The maximum Gasteiger partial charge on any atom is 0.115 e. The zero-order valence-corrected chi connectivity index (χ0v) is 21.4. The number of thiophene rings is 2. The van der Waals surface area contributed by atoms with E-state index in [1.165, 1.54) is 43.1 Å². The Morgan fingerprint density at radius 3 is 1.27 bits per heavy atom. The lowest BCUT2D eigenvalue weighted by Gasteiger charge is -2.34. The monoisotopic (exact) mass is 514 g/mol. The van der Waals surface area contributed by atoms with Crippen molar-refractivity contribution in [3.8, 4) is 43.5 Å². The van der Waals surface area contributed by atoms with Crippen LogP contribution in [0.4, 0.5) is 0 Å². The van der Waals surface area contributed by atoms with Gasteiger partial charge in [-0.05, 0) is 91.7 Å². The van der Waals surface area contributed by atoms with E-state index in [0.29, 0.717) is 0 Å². The van der Waals surface area contributed by atoms with Gasteiger partial charge >= 0.3 is 0 Å². The van der Waals surface area contributed by atoms with Crippen LogP contribution in [0.2, 0.25) is 0 Å². The van der Waals surface area contributed by atoms with E-state index >= 15 is 0 Å². The number of phenolic OH excluding ortho intramolecular Hbond substituents is 2. The molecule has 0 unspecified atom stereocenters. The molecule has 0 aliphatic heterocycles. The van der Waals surface area contributed by atoms with Gasteiger partial charge in [-0.1, -0.05) is 72.8 Å². The molecule has 2 nitrogen and oxygen atoms in total. The van der Waals surface area contributed by atoms with Crippen LogP contribution in [0.1, 0.15) is 22.3 Å². The lowest BCUT2D eigenvalue weighted by molar-refractivity contribution is 0.475. The summed E-state index contributed by atoms with van der Waals surface area (Å²) in [4.78, 5) is 2.46. The summed E-state index contributed by atoms with van der Waals surface area (Å²) in [5.41, 5.74) is 8.85. The van der Waals surface area contributed by atoms with Gasteiger partial charge in [0.2, 0.25) is 0 Å². The highest BCUT2D eigenvalue weighted by Gasteiger charge is 2.48. The minimum Gasteiger partial charge on any atom is -0.508 e. The van der Waals surface area contributed by atoms with E-state index in [-0.39, 0.29) is 11.5 Å². The first-order chi connectivity index (χ1) is 18.2. The predicted molar refractivity (Wildman–Crippen MR) is 154 cm³/mol. The summed E-state index contributed by atoms with van der Waals surface area (Å²) in [7, 11) is 0. The van der Waals surface area contributed by atoms with Crippen molar-refractivity contribution < 1.29 is 10.2 Å². The Hall–Kier alpha value is -4.12. The molecule has 0 spiro atoms. The van der Waals surface area contributed by atoms with Gasteiger partial charge in [0, 0.05) is 9.75 Å². The number of hydrogen-bond acceptors (Lipinski definition) is 4. The summed E-state index contributed by atoms with van der Waals surface area (Å²) >= 11 is 3.50. The van der Waals surface area contributed by atoms with Crippen molar-refractivity contribution in [3.05, 3.63) is 142 Å². The topological polar surface area (TPSA) is 40.5 Å². The second-order valence-electron chi connectivity index (χ2n) is 9.25. The van der Waals surface area contributed by atoms with Crippen molar-refractivity contribution in [2.45, 2.75) is 5.41 Å². The summed E-state index contributed by atoms with van der Waals surface area (Å²) < 4.78 is 0. The summed E-state index contributed by atoms with van der Waals surface area (Å²) in [5, 5.41) is 24.6. The number of fused-ring (bicyclic) bond motifs is 3. The van der Waals surface area contributed by atoms with E-state index in [4.69, 9.17) is 0 Å². The third-order valence-electron chi connectivity index (χ3n) is 7.36.